The van der Waals surface area contributed by atoms with Crippen molar-refractivity contribution < 1.29 is 0 Å². The number of likely N-dealkylation sites (N-methyl/N-ethyl adjacent to an activating group) is 1. The van der Waals surface area contributed by atoms with Crippen molar-refractivity contribution in [3.8, 4) is 0 Å². The first-order chi connectivity index (χ1) is 3.79. The van der Waals surface area contributed by atoms with E-state index in [4.69, 9.17) is 0 Å². The van der Waals surface area contributed by atoms with Gasteiger partial charge in [-0.25, -0.2) is 0 Å². The standard InChI is InChI=1S/C6H10IN/c1-8-4-2-3-6(7)5-8/h3H,2,4-5H2,1H3. The van der Waals surface area contributed by atoms with Crippen molar-refractivity contribution in [2.75, 3.05) is 20.1 Å². The van der Waals surface area contributed by atoms with Crippen LogP contribution < -0.4 is 0 Å². The lowest BCUT2D eigenvalue weighted by atomic mass is 10.3. The van der Waals surface area contributed by atoms with E-state index in [0.717, 1.165) is 6.54 Å². The van der Waals surface area contributed by atoms with Crippen LogP contribution >= 0.6 is 22.6 Å². The van der Waals surface area contributed by atoms with Crippen molar-refractivity contribution >= 4 is 22.6 Å². The molecule has 1 aliphatic rings. The predicted octanol–water partition coefficient (Wildman–Crippen LogP) is 1.64. The summed E-state index contributed by atoms with van der Waals surface area (Å²) in [5, 5.41) is 0. The van der Waals surface area contributed by atoms with Gasteiger partial charge in [0.15, 0.2) is 0 Å². The molecule has 0 saturated carbocycles. The Morgan fingerprint density at radius 2 is 2.50 bits per heavy atom. The highest BCUT2D eigenvalue weighted by atomic mass is 127. The van der Waals surface area contributed by atoms with E-state index in [1.165, 1.54) is 16.5 Å². The fourth-order valence-electron chi connectivity index (χ4n) is 0.843. The van der Waals surface area contributed by atoms with Crippen molar-refractivity contribution in [1.29, 1.82) is 0 Å². The molecule has 0 spiro atoms. The Morgan fingerprint density at radius 3 is 2.88 bits per heavy atom. The van der Waals surface area contributed by atoms with Crippen LogP contribution in [-0.4, -0.2) is 25.0 Å². The molecule has 1 rings (SSSR count). The van der Waals surface area contributed by atoms with Crippen LogP contribution in [0.2, 0.25) is 0 Å². The van der Waals surface area contributed by atoms with Gasteiger partial charge in [0.2, 0.25) is 0 Å². The summed E-state index contributed by atoms with van der Waals surface area (Å²) < 4.78 is 1.48. The highest BCUT2D eigenvalue weighted by Gasteiger charge is 2.03. The zero-order valence-electron chi connectivity index (χ0n) is 5.02. The summed E-state index contributed by atoms with van der Waals surface area (Å²) in [6.07, 6.45) is 3.54. The summed E-state index contributed by atoms with van der Waals surface area (Å²) >= 11 is 2.39. The number of halogens is 1. The van der Waals surface area contributed by atoms with Gasteiger partial charge in [-0.3, -0.25) is 0 Å². The third-order valence-corrected chi connectivity index (χ3v) is 2.08. The predicted molar refractivity (Wildman–Crippen MR) is 44.2 cm³/mol. The van der Waals surface area contributed by atoms with Crippen molar-refractivity contribution in [2.24, 2.45) is 0 Å². The lowest BCUT2D eigenvalue weighted by Crippen LogP contribution is -2.23. The molecule has 2 heteroatoms. The fourth-order valence-corrected chi connectivity index (χ4v) is 1.74. The van der Waals surface area contributed by atoms with E-state index in [-0.39, 0.29) is 0 Å². The summed E-state index contributed by atoms with van der Waals surface area (Å²) in [7, 11) is 2.16. The van der Waals surface area contributed by atoms with E-state index in [1.54, 1.807) is 0 Å². The topological polar surface area (TPSA) is 3.24 Å². The molecule has 0 radical (unpaired) electrons. The third kappa shape index (κ3) is 1.74. The highest BCUT2D eigenvalue weighted by Crippen LogP contribution is 2.12. The average molecular weight is 223 g/mol. The Morgan fingerprint density at radius 1 is 1.75 bits per heavy atom. The summed E-state index contributed by atoms with van der Waals surface area (Å²) in [5.74, 6) is 0. The first-order valence-electron chi connectivity index (χ1n) is 2.82. The summed E-state index contributed by atoms with van der Waals surface area (Å²) in [6, 6.07) is 0. The van der Waals surface area contributed by atoms with Gasteiger partial charge in [-0.15, -0.1) is 0 Å². The first-order valence-corrected chi connectivity index (χ1v) is 3.90. The van der Waals surface area contributed by atoms with E-state index in [1.807, 2.05) is 0 Å². The van der Waals surface area contributed by atoms with Crippen molar-refractivity contribution in [1.82, 2.24) is 4.90 Å². The largest absolute Gasteiger partial charge is 0.301 e. The van der Waals surface area contributed by atoms with Gasteiger partial charge in [0, 0.05) is 16.7 Å². The zero-order chi connectivity index (χ0) is 5.98. The Bertz CT molecular complexity index is 109. The Balaban J connectivity index is 2.45. The maximum Gasteiger partial charge on any atom is 0.0285 e. The van der Waals surface area contributed by atoms with Gasteiger partial charge < -0.3 is 4.90 Å². The maximum atomic E-state index is 2.39. The summed E-state index contributed by atoms with van der Waals surface area (Å²) in [5.41, 5.74) is 0. The van der Waals surface area contributed by atoms with Crippen LogP contribution in [0.25, 0.3) is 0 Å². The van der Waals surface area contributed by atoms with Gasteiger partial charge in [-0.2, -0.15) is 0 Å². The van der Waals surface area contributed by atoms with E-state index in [9.17, 15) is 0 Å². The Labute approximate surface area is 63.9 Å². The van der Waals surface area contributed by atoms with Crippen molar-refractivity contribution in [3.05, 3.63) is 9.66 Å². The lowest BCUT2D eigenvalue weighted by Gasteiger charge is -2.19. The summed E-state index contributed by atoms with van der Waals surface area (Å²) in [4.78, 5) is 2.34. The molecule has 1 aliphatic heterocycles. The SMILES string of the molecule is CN1CCC=C(I)C1. The Hall–Kier alpha value is 0.430. The summed E-state index contributed by atoms with van der Waals surface area (Å²) in [6.45, 7) is 2.38. The normalized spacial score (nSPS) is 23.0. The number of hydrogen-bond donors (Lipinski definition) is 0. The van der Waals surface area contributed by atoms with E-state index in [2.05, 4.69) is 40.6 Å². The van der Waals surface area contributed by atoms with Gasteiger partial charge in [0.1, 0.15) is 0 Å². The molecule has 1 nitrogen and oxygen atoms in total. The number of rotatable bonds is 0. The number of nitrogens with zero attached hydrogens (tertiary/aromatic N) is 1. The van der Waals surface area contributed by atoms with Crippen LogP contribution in [0.3, 0.4) is 0 Å². The van der Waals surface area contributed by atoms with Gasteiger partial charge in [0.25, 0.3) is 0 Å². The highest BCUT2D eigenvalue weighted by molar-refractivity contribution is 14.1. The van der Waals surface area contributed by atoms with Crippen LogP contribution in [-0.2, 0) is 0 Å². The van der Waals surface area contributed by atoms with E-state index < -0.39 is 0 Å². The van der Waals surface area contributed by atoms with Crippen LogP contribution in [0.4, 0.5) is 0 Å². The molecule has 8 heavy (non-hydrogen) atoms. The van der Waals surface area contributed by atoms with E-state index >= 15 is 0 Å². The molecule has 1 heterocycles. The Kier molecular flexibility index (Phi) is 2.31. The molecule has 0 aliphatic carbocycles. The van der Waals surface area contributed by atoms with Gasteiger partial charge >= 0.3 is 0 Å². The van der Waals surface area contributed by atoms with Gasteiger partial charge in [-0.1, -0.05) is 6.08 Å². The molecular formula is C6H10IN. The van der Waals surface area contributed by atoms with Crippen molar-refractivity contribution in [3.63, 3.8) is 0 Å². The molecule has 0 atom stereocenters. The third-order valence-electron chi connectivity index (χ3n) is 1.30. The second-order valence-corrected chi connectivity index (χ2v) is 3.56. The molecular weight excluding hydrogens is 213 g/mol. The molecule has 0 saturated heterocycles. The monoisotopic (exact) mass is 223 g/mol. The molecule has 0 N–H and O–H groups in total. The smallest absolute Gasteiger partial charge is 0.0285 e. The fraction of sp³-hybridized carbons (Fsp3) is 0.667. The van der Waals surface area contributed by atoms with Crippen LogP contribution in [0.15, 0.2) is 9.66 Å². The van der Waals surface area contributed by atoms with Crippen LogP contribution in [0.1, 0.15) is 6.42 Å². The number of hydrogen-bond acceptors (Lipinski definition) is 1. The molecule has 0 amide bonds. The minimum Gasteiger partial charge on any atom is -0.301 e. The van der Waals surface area contributed by atoms with Gasteiger partial charge in [0.05, 0.1) is 0 Å². The lowest BCUT2D eigenvalue weighted by molar-refractivity contribution is 0.364. The molecule has 46 valence electrons. The quantitative estimate of drug-likeness (QED) is 0.564. The zero-order valence-corrected chi connectivity index (χ0v) is 7.18. The molecule has 0 aromatic rings. The van der Waals surface area contributed by atoms with Crippen LogP contribution in [0.5, 0.6) is 0 Å². The van der Waals surface area contributed by atoms with Crippen molar-refractivity contribution in [2.45, 2.75) is 6.42 Å². The molecule has 0 aromatic carbocycles. The van der Waals surface area contributed by atoms with Crippen LogP contribution in [0, 0.1) is 0 Å². The molecule has 0 bridgehead atoms. The second kappa shape index (κ2) is 2.82. The van der Waals surface area contributed by atoms with Gasteiger partial charge in [-0.05, 0) is 36.1 Å². The maximum absolute atomic E-state index is 2.39. The molecule has 0 unspecified atom stereocenters. The molecule has 0 fully saturated rings. The minimum absolute atomic E-state index is 1.15. The average Bonchev–Trinajstić information content (AvgIpc) is 1.64. The van der Waals surface area contributed by atoms with E-state index in [0.29, 0.717) is 0 Å². The molecule has 0 aromatic heterocycles. The first kappa shape index (κ1) is 6.55. The minimum atomic E-state index is 1.15. The second-order valence-electron chi connectivity index (χ2n) is 2.18.